The Labute approximate surface area is 89.1 Å². The molecular weight excluding hydrogens is 192 g/mol. The van der Waals surface area contributed by atoms with Gasteiger partial charge in [0.1, 0.15) is 6.04 Å². The first-order valence-corrected chi connectivity index (χ1v) is 5.00. The van der Waals surface area contributed by atoms with E-state index < -0.39 is 12.0 Å². The van der Waals surface area contributed by atoms with Crippen molar-refractivity contribution in [2.75, 3.05) is 11.9 Å². The molecule has 4 N–H and O–H groups in total. The lowest BCUT2D eigenvalue weighted by Gasteiger charge is -2.10. The van der Waals surface area contributed by atoms with Gasteiger partial charge in [0.15, 0.2) is 0 Å². The van der Waals surface area contributed by atoms with Crippen LogP contribution in [0.3, 0.4) is 0 Å². The molecule has 1 rings (SSSR count). The van der Waals surface area contributed by atoms with Crippen LogP contribution in [0.4, 0.5) is 5.69 Å². The van der Waals surface area contributed by atoms with Crippen LogP contribution in [0.25, 0.3) is 0 Å². The number of hydrogen-bond donors (Lipinski definition) is 2. The molecule has 0 aliphatic carbocycles. The molecule has 0 aromatic heterocycles. The number of aliphatic carboxylic acids is 1. The molecule has 0 unspecified atom stereocenters. The summed E-state index contributed by atoms with van der Waals surface area (Å²) in [6.45, 7) is 2.90. The van der Waals surface area contributed by atoms with Gasteiger partial charge in [-0.25, -0.2) is 0 Å². The average molecular weight is 208 g/mol. The zero-order valence-electron chi connectivity index (χ0n) is 8.82. The monoisotopic (exact) mass is 208 g/mol. The number of carboxylic acids is 1. The van der Waals surface area contributed by atoms with E-state index in [-0.39, 0.29) is 0 Å². The zero-order valence-corrected chi connectivity index (χ0v) is 8.82. The third-order valence-electron chi connectivity index (χ3n) is 2.15. The van der Waals surface area contributed by atoms with Crippen molar-refractivity contribution >= 4 is 11.7 Å². The minimum atomic E-state index is -1.11. The summed E-state index contributed by atoms with van der Waals surface area (Å²) < 4.78 is 0. The van der Waals surface area contributed by atoms with Gasteiger partial charge in [-0.2, -0.15) is 0 Å². The largest absolute Gasteiger partial charge is 0.544 e. The Bertz CT molecular complexity index is 322. The third-order valence-corrected chi connectivity index (χ3v) is 2.15. The molecule has 0 heterocycles. The van der Waals surface area contributed by atoms with Gasteiger partial charge in [-0.05, 0) is 24.6 Å². The number of carbonyl (C=O) groups is 1. The number of carbonyl (C=O) groups excluding carboxylic acids is 1. The van der Waals surface area contributed by atoms with Crippen molar-refractivity contribution in [3.63, 3.8) is 0 Å². The summed E-state index contributed by atoms with van der Waals surface area (Å²) in [4.78, 5) is 10.5. The van der Waals surface area contributed by atoms with Gasteiger partial charge in [-0.3, -0.25) is 0 Å². The Morgan fingerprint density at radius 3 is 2.53 bits per heavy atom. The SMILES string of the molecule is CCNc1ccc(C[C@H]([NH3+])C(=O)[O-])cc1. The molecule has 0 bridgehead atoms. The highest BCUT2D eigenvalue weighted by molar-refractivity contribution is 5.69. The van der Waals surface area contributed by atoms with Crippen molar-refractivity contribution in [1.82, 2.24) is 0 Å². The first-order chi connectivity index (χ1) is 7.13. The van der Waals surface area contributed by atoms with Crippen LogP contribution in [0.15, 0.2) is 24.3 Å². The number of benzene rings is 1. The Morgan fingerprint density at radius 2 is 2.07 bits per heavy atom. The van der Waals surface area contributed by atoms with E-state index in [1.54, 1.807) is 0 Å². The first kappa shape index (κ1) is 11.5. The van der Waals surface area contributed by atoms with Gasteiger partial charge in [-0.15, -0.1) is 0 Å². The van der Waals surface area contributed by atoms with Crippen molar-refractivity contribution in [3.8, 4) is 0 Å². The van der Waals surface area contributed by atoms with Crippen LogP contribution in [0.5, 0.6) is 0 Å². The maximum atomic E-state index is 10.5. The summed E-state index contributed by atoms with van der Waals surface area (Å²) in [6, 6.07) is 6.98. The summed E-state index contributed by atoms with van der Waals surface area (Å²) in [5.74, 6) is -1.11. The molecule has 0 spiro atoms. The van der Waals surface area contributed by atoms with E-state index in [1.807, 2.05) is 31.2 Å². The Balaban J connectivity index is 2.60. The predicted molar refractivity (Wildman–Crippen MR) is 56.0 cm³/mol. The molecule has 1 aromatic rings. The quantitative estimate of drug-likeness (QED) is 0.652. The highest BCUT2D eigenvalue weighted by Crippen LogP contribution is 2.09. The first-order valence-electron chi connectivity index (χ1n) is 5.00. The molecule has 0 radical (unpaired) electrons. The van der Waals surface area contributed by atoms with Crippen molar-refractivity contribution in [3.05, 3.63) is 29.8 Å². The molecule has 4 nitrogen and oxygen atoms in total. The van der Waals surface area contributed by atoms with E-state index in [0.29, 0.717) is 6.42 Å². The van der Waals surface area contributed by atoms with Gasteiger partial charge in [0.2, 0.25) is 0 Å². The van der Waals surface area contributed by atoms with Crippen molar-refractivity contribution < 1.29 is 15.6 Å². The van der Waals surface area contributed by atoms with E-state index in [0.717, 1.165) is 17.8 Å². The highest BCUT2D eigenvalue weighted by Gasteiger charge is 2.07. The van der Waals surface area contributed by atoms with E-state index in [1.165, 1.54) is 0 Å². The van der Waals surface area contributed by atoms with Gasteiger partial charge in [0, 0.05) is 18.7 Å². The van der Waals surface area contributed by atoms with Gasteiger partial charge in [-0.1, -0.05) is 12.1 Å². The van der Waals surface area contributed by atoms with Crippen LogP contribution in [0.1, 0.15) is 12.5 Å². The maximum absolute atomic E-state index is 10.5. The van der Waals surface area contributed by atoms with Crippen LogP contribution in [-0.4, -0.2) is 18.6 Å². The average Bonchev–Trinajstić information content (AvgIpc) is 2.21. The Morgan fingerprint density at radius 1 is 1.47 bits per heavy atom. The number of nitrogens with one attached hydrogen (secondary N) is 1. The van der Waals surface area contributed by atoms with Crippen LogP contribution in [0, 0.1) is 0 Å². The fourth-order valence-electron chi connectivity index (χ4n) is 1.33. The van der Waals surface area contributed by atoms with Gasteiger partial charge < -0.3 is 21.0 Å². The van der Waals surface area contributed by atoms with Crippen LogP contribution in [-0.2, 0) is 11.2 Å². The molecule has 1 atom stereocenters. The molecule has 0 aliphatic heterocycles. The fraction of sp³-hybridized carbons (Fsp3) is 0.364. The summed E-state index contributed by atoms with van der Waals surface area (Å²) in [5, 5.41) is 13.7. The van der Waals surface area contributed by atoms with Gasteiger partial charge in [0.05, 0.1) is 5.97 Å². The van der Waals surface area contributed by atoms with E-state index in [9.17, 15) is 9.90 Å². The summed E-state index contributed by atoms with van der Waals surface area (Å²) in [7, 11) is 0. The smallest absolute Gasteiger partial charge is 0.129 e. The molecule has 82 valence electrons. The Hall–Kier alpha value is -1.55. The minimum Gasteiger partial charge on any atom is -0.544 e. The number of rotatable bonds is 5. The third kappa shape index (κ3) is 3.59. The summed E-state index contributed by atoms with van der Waals surface area (Å²) in [5.41, 5.74) is 5.51. The summed E-state index contributed by atoms with van der Waals surface area (Å²) >= 11 is 0. The number of hydrogen-bond acceptors (Lipinski definition) is 3. The Kier molecular flexibility index (Phi) is 4.12. The fourth-order valence-corrected chi connectivity index (χ4v) is 1.33. The number of carboxylic acid groups (broad SMARTS) is 1. The standard InChI is InChI=1S/C11H16N2O2/c1-2-13-9-5-3-8(4-6-9)7-10(12)11(14)15/h3-6,10,13H,2,7,12H2,1H3,(H,14,15)/t10-/m0/s1. The predicted octanol–water partition coefficient (Wildman–Crippen LogP) is -0.979. The van der Waals surface area contributed by atoms with E-state index >= 15 is 0 Å². The van der Waals surface area contributed by atoms with Crippen LogP contribution < -0.4 is 16.2 Å². The molecule has 0 amide bonds. The molecule has 0 saturated carbocycles. The van der Waals surface area contributed by atoms with Crippen LogP contribution >= 0.6 is 0 Å². The normalized spacial score (nSPS) is 12.1. The number of anilines is 1. The molecule has 0 aliphatic rings. The van der Waals surface area contributed by atoms with Gasteiger partial charge in [0.25, 0.3) is 0 Å². The maximum Gasteiger partial charge on any atom is 0.129 e. The molecular formula is C11H16N2O2. The molecule has 1 aromatic carbocycles. The lowest BCUT2D eigenvalue weighted by molar-refractivity contribution is -0.437. The van der Waals surface area contributed by atoms with Crippen LogP contribution in [0.2, 0.25) is 0 Å². The van der Waals surface area contributed by atoms with Gasteiger partial charge >= 0.3 is 0 Å². The zero-order chi connectivity index (χ0) is 11.3. The van der Waals surface area contributed by atoms with Crippen molar-refractivity contribution in [1.29, 1.82) is 0 Å². The molecule has 4 heteroatoms. The topological polar surface area (TPSA) is 79.8 Å². The minimum absolute atomic E-state index is 0.411. The lowest BCUT2D eigenvalue weighted by Crippen LogP contribution is -2.69. The second-order valence-corrected chi connectivity index (χ2v) is 3.45. The van der Waals surface area contributed by atoms with Crippen molar-refractivity contribution in [2.24, 2.45) is 0 Å². The second kappa shape index (κ2) is 5.36. The second-order valence-electron chi connectivity index (χ2n) is 3.45. The molecule has 0 fully saturated rings. The molecule has 0 saturated heterocycles. The lowest BCUT2D eigenvalue weighted by atomic mass is 10.1. The summed E-state index contributed by atoms with van der Waals surface area (Å²) in [6.07, 6.45) is 0.411. The molecule has 15 heavy (non-hydrogen) atoms. The van der Waals surface area contributed by atoms with E-state index in [4.69, 9.17) is 0 Å². The van der Waals surface area contributed by atoms with E-state index in [2.05, 4.69) is 11.1 Å². The van der Waals surface area contributed by atoms with Crippen molar-refractivity contribution in [2.45, 2.75) is 19.4 Å². The highest BCUT2D eigenvalue weighted by atomic mass is 16.4. The number of quaternary nitrogens is 1.